The maximum Gasteiger partial charge on any atom is 0.338 e. The summed E-state index contributed by atoms with van der Waals surface area (Å²) in [5.74, 6) is -1.52. The van der Waals surface area contributed by atoms with Crippen LogP contribution in [0.2, 0.25) is 0 Å². The lowest BCUT2D eigenvalue weighted by atomic mass is 9.96. The van der Waals surface area contributed by atoms with Gasteiger partial charge in [-0.2, -0.15) is 0 Å². The first-order valence-electron chi connectivity index (χ1n) is 8.79. The summed E-state index contributed by atoms with van der Waals surface area (Å²) >= 11 is 0. The molecule has 0 aromatic heterocycles. The van der Waals surface area contributed by atoms with Crippen LogP contribution in [0.15, 0.2) is 29.2 Å². The Hall–Kier alpha value is -2.42. The van der Waals surface area contributed by atoms with Crippen molar-refractivity contribution in [3.8, 4) is 0 Å². The molecule has 1 atom stereocenters. The Kier molecular flexibility index (Phi) is 6.95. The number of hydrogen-bond acceptors (Lipinski definition) is 6. The topological polar surface area (TPSA) is 119 Å². The summed E-state index contributed by atoms with van der Waals surface area (Å²) in [6, 6.07) is 4.63. The Bertz CT molecular complexity index is 798. The highest BCUT2D eigenvalue weighted by Crippen LogP contribution is 2.17. The third-order valence-electron chi connectivity index (χ3n) is 4.35. The zero-order chi connectivity index (χ0) is 20.0. The Morgan fingerprint density at radius 1 is 1.07 bits per heavy atom. The first-order chi connectivity index (χ1) is 12.7. The van der Waals surface area contributed by atoms with Crippen molar-refractivity contribution >= 4 is 27.7 Å². The van der Waals surface area contributed by atoms with Gasteiger partial charge in [0, 0.05) is 12.3 Å². The summed E-state index contributed by atoms with van der Waals surface area (Å²) in [4.78, 5) is 36.0. The molecule has 9 heteroatoms. The van der Waals surface area contributed by atoms with E-state index in [2.05, 4.69) is 10.6 Å². The molecular formula is C18H24N2O6S. The van der Waals surface area contributed by atoms with Gasteiger partial charge in [-0.3, -0.25) is 10.1 Å². The lowest BCUT2D eigenvalue weighted by molar-refractivity contribution is -0.127. The largest absolute Gasteiger partial charge is 0.449 e. The van der Waals surface area contributed by atoms with Crippen LogP contribution >= 0.6 is 0 Å². The van der Waals surface area contributed by atoms with Crippen molar-refractivity contribution in [1.82, 2.24) is 10.6 Å². The number of esters is 1. The highest BCUT2D eigenvalue weighted by atomic mass is 32.2. The van der Waals surface area contributed by atoms with E-state index in [-0.39, 0.29) is 16.5 Å². The van der Waals surface area contributed by atoms with Crippen LogP contribution in [0.4, 0.5) is 4.79 Å². The van der Waals surface area contributed by atoms with Crippen molar-refractivity contribution in [2.45, 2.75) is 56.1 Å². The number of hydrogen-bond donors (Lipinski definition) is 2. The van der Waals surface area contributed by atoms with Crippen LogP contribution < -0.4 is 10.6 Å². The van der Waals surface area contributed by atoms with Gasteiger partial charge in [-0.1, -0.05) is 19.3 Å². The van der Waals surface area contributed by atoms with Crippen LogP contribution in [0.5, 0.6) is 0 Å². The normalized spacial score (nSPS) is 16.2. The number of amides is 3. The third kappa shape index (κ3) is 6.35. The van der Waals surface area contributed by atoms with Gasteiger partial charge in [0.05, 0.1) is 10.5 Å². The van der Waals surface area contributed by atoms with Crippen LogP contribution in [-0.2, 0) is 19.4 Å². The maximum atomic E-state index is 12.1. The van der Waals surface area contributed by atoms with E-state index in [0.29, 0.717) is 0 Å². The second kappa shape index (κ2) is 8.98. The van der Waals surface area contributed by atoms with Gasteiger partial charge in [-0.15, -0.1) is 0 Å². The number of benzene rings is 1. The summed E-state index contributed by atoms with van der Waals surface area (Å²) < 4.78 is 27.9. The summed E-state index contributed by atoms with van der Waals surface area (Å²) in [7, 11) is -3.37. The van der Waals surface area contributed by atoms with E-state index in [4.69, 9.17) is 4.74 Å². The Morgan fingerprint density at radius 3 is 2.22 bits per heavy atom. The first-order valence-corrected chi connectivity index (χ1v) is 10.7. The molecule has 0 spiro atoms. The molecule has 1 aliphatic carbocycles. The van der Waals surface area contributed by atoms with E-state index in [1.807, 2.05) is 0 Å². The predicted octanol–water partition coefficient (Wildman–Crippen LogP) is 1.79. The molecular weight excluding hydrogens is 372 g/mol. The fraction of sp³-hybridized carbons (Fsp3) is 0.500. The van der Waals surface area contributed by atoms with Crippen LogP contribution in [0.1, 0.15) is 49.4 Å². The minimum Gasteiger partial charge on any atom is -0.449 e. The highest BCUT2D eigenvalue weighted by molar-refractivity contribution is 7.90. The Balaban J connectivity index is 1.85. The first kappa shape index (κ1) is 20.9. The number of urea groups is 1. The third-order valence-corrected chi connectivity index (χ3v) is 5.48. The summed E-state index contributed by atoms with van der Waals surface area (Å²) in [5.41, 5.74) is 0.105. The predicted molar refractivity (Wildman–Crippen MR) is 98.0 cm³/mol. The monoisotopic (exact) mass is 396 g/mol. The minimum atomic E-state index is -3.37. The van der Waals surface area contributed by atoms with Gasteiger partial charge in [-0.25, -0.2) is 18.0 Å². The molecule has 2 rings (SSSR count). The number of imide groups is 1. The molecule has 1 aromatic rings. The molecule has 0 radical (unpaired) electrons. The molecule has 1 aliphatic rings. The van der Waals surface area contributed by atoms with E-state index >= 15 is 0 Å². The molecule has 0 bridgehead atoms. The van der Waals surface area contributed by atoms with E-state index < -0.39 is 33.8 Å². The minimum absolute atomic E-state index is 0.0535. The number of nitrogens with one attached hydrogen (secondary N) is 2. The zero-order valence-corrected chi connectivity index (χ0v) is 16.2. The van der Waals surface area contributed by atoms with E-state index in [0.717, 1.165) is 38.4 Å². The Morgan fingerprint density at radius 2 is 1.67 bits per heavy atom. The molecule has 8 nitrogen and oxygen atoms in total. The zero-order valence-electron chi connectivity index (χ0n) is 15.4. The SMILES string of the molecule is C[C@@H](OC(=O)c1ccc(S(C)(=O)=O)cc1)C(=O)NC(=O)NC1CCCCC1. The number of carbonyl (C=O) groups excluding carboxylic acids is 3. The van der Waals surface area contributed by atoms with Crippen LogP contribution in [0, 0.1) is 0 Å². The van der Waals surface area contributed by atoms with Crippen molar-refractivity contribution < 1.29 is 27.5 Å². The molecule has 2 N–H and O–H groups in total. The van der Waals surface area contributed by atoms with Gasteiger partial charge in [-0.05, 0) is 44.0 Å². The average Bonchev–Trinajstić information content (AvgIpc) is 2.61. The van der Waals surface area contributed by atoms with Crippen LogP contribution in [-0.4, -0.2) is 44.7 Å². The number of sulfone groups is 1. The molecule has 148 valence electrons. The fourth-order valence-electron chi connectivity index (χ4n) is 2.80. The van der Waals surface area contributed by atoms with Gasteiger partial charge in [0.1, 0.15) is 0 Å². The molecule has 0 heterocycles. The van der Waals surface area contributed by atoms with E-state index in [9.17, 15) is 22.8 Å². The van der Waals surface area contributed by atoms with Crippen LogP contribution in [0.3, 0.4) is 0 Å². The number of rotatable bonds is 5. The summed E-state index contributed by atoms with van der Waals surface area (Å²) in [6.07, 6.45) is 4.90. The second-order valence-electron chi connectivity index (χ2n) is 6.64. The van der Waals surface area contributed by atoms with E-state index in [1.165, 1.54) is 31.2 Å². The second-order valence-corrected chi connectivity index (χ2v) is 8.66. The van der Waals surface area contributed by atoms with Gasteiger partial charge >= 0.3 is 12.0 Å². The quantitative estimate of drug-likeness (QED) is 0.733. The van der Waals surface area contributed by atoms with Crippen molar-refractivity contribution in [3.05, 3.63) is 29.8 Å². The lowest BCUT2D eigenvalue weighted by Gasteiger charge is -2.23. The summed E-state index contributed by atoms with van der Waals surface area (Å²) in [6.45, 7) is 1.35. The van der Waals surface area contributed by atoms with E-state index in [1.54, 1.807) is 0 Å². The van der Waals surface area contributed by atoms with Crippen molar-refractivity contribution in [1.29, 1.82) is 0 Å². The maximum absolute atomic E-state index is 12.1. The molecule has 0 unspecified atom stereocenters. The number of ether oxygens (including phenoxy) is 1. The molecule has 1 aromatic carbocycles. The van der Waals surface area contributed by atoms with Crippen LogP contribution in [0.25, 0.3) is 0 Å². The lowest BCUT2D eigenvalue weighted by Crippen LogP contribution is -2.48. The molecule has 3 amide bonds. The van der Waals surface area contributed by atoms with Gasteiger partial charge < -0.3 is 10.1 Å². The smallest absolute Gasteiger partial charge is 0.338 e. The molecule has 1 saturated carbocycles. The van der Waals surface area contributed by atoms with Gasteiger partial charge in [0.15, 0.2) is 15.9 Å². The fourth-order valence-corrected chi connectivity index (χ4v) is 3.43. The molecule has 0 aliphatic heterocycles. The van der Waals surface area contributed by atoms with Crippen molar-refractivity contribution in [3.63, 3.8) is 0 Å². The molecule has 27 heavy (non-hydrogen) atoms. The molecule has 1 fully saturated rings. The average molecular weight is 396 g/mol. The Labute approximate surface area is 158 Å². The van der Waals surface area contributed by atoms with Crippen molar-refractivity contribution in [2.24, 2.45) is 0 Å². The number of carbonyl (C=O) groups is 3. The van der Waals surface area contributed by atoms with Gasteiger partial charge in [0.2, 0.25) is 0 Å². The summed E-state index contributed by atoms with van der Waals surface area (Å²) in [5, 5.41) is 4.91. The highest BCUT2D eigenvalue weighted by Gasteiger charge is 2.23. The standard InChI is InChI=1S/C18H24N2O6S/c1-12(16(21)20-18(23)19-14-6-4-3-5-7-14)26-17(22)13-8-10-15(11-9-13)27(2,24)25/h8-12,14H,3-7H2,1-2H3,(H2,19,20,21,23)/t12-/m1/s1. The van der Waals surface area contributed by atoms with Gasteiger partial charge in [0.25, 0.3) is 5.91 Å². The van der Waals surface area contributed by atoms with Crippen molar-refractivity contribution in [2.75, 3.05) is 6.26 Å². The molecule has 0 saturated heterocycles.